The van der Waals surface area contributed by atoms with Gasteiger partial charge in [0.25, 0.3) is 5.91 Å². The summed E-state index contributed by atoms with van der Waals surface area (Å²) in [7, 11) is 0. The number of benzene rings is 1. The van der Waals surface area contributed by atoms with Crippen molar-refractivity contribution in [3.8, 4) is 5.75 Å². The molecule has 2 aromatic rings. The normalized spacial score (nSPS) is 10.1. The number of aliphatic hydroxyl groups is 1. The van der Waals surface area contributed by atoms with E-state index in [0.717, 1.165) is 5.69 Å². The van der Waals surface area contributed by atoms with Crippen molar-refractivity contribution in [2.75, 3.05) is 18.5 Å². The maximum absolute atomic E-state index is 11.5. The van der Waals surface area contributed by atoms with Gasteiger partial charge >= 0.3 is 0 Å². The lowest BCUT2D eigenvalue weighted by Gasteiger charge is -2.15. The van der Waals surface area contributed by atoms with E-state index in [9.17, 15) is 4.79 Å². The van der Waals surface area contributed by atoms with Crippen molar-refractivity contribution >= 4 is 17.3 Å². The van der Waals surface area contributed by atoms with Gasteiger partial charge in [0.05, 0.1) is 17.9 Å². The number of hydrogen-bond donors (Lipinski definition) is 3. The van der Waals surface area contributed by atoms with E-state index >= 15 is 0 Å². The van der Waals surface area contributed by atoms with Crippen molar-refractivity contribution in [3.05, 3.63) is 48.3 Å². The van der Waals surface area contributed by atoms with Crippen LogP contribution in [0.1, 0.15) is 10.4 Å². The highest BCUT2D eigenvalue weighted by atomic mass is 16.5. The zero-order valence-corrected chi connectivity index (χ0v) is 10.7. The highest BCUT2D eigenvalue weighted by Crippen LogP contribution is 2.31. The summed E-state index contributed by atoms with van der Waals surface area (Å²) in [6.45, 7) is 0.0166. The lowest BCUT2D eigenvalue weighted by Crippen LogP contribution is -2.14. The number of primary amides is 1. The third-order valence-corrected chi connectivity index (χ3v) is 2.59. The molecule has 0 fully saturated rings. The van der Waals surface area contributed by atoms with Gasteiger partial charge in [0.15, 0.2) is 0 Å². The Bertz CT molecular complexity index is 587. The molecule has 2 rings (SSSR count). The van der Waals surface area contributed by atoms with E-state index in [2.05, 4.69) is 10.3 Å². The molecule has 0 atom stereocenters. The molecule has 104 valence electrons. The summed E-state index contributed by atoms with van der Waals surface area (Å²) in [5.41, 5.74) is 6.91. The molecule has 6 nitrogen and oxygen atoms in total. The first kappa shape index (κ1) is 13.8. The van der Waals surface area contributed by atoms with Crippen molar-refractivity contribution in [1.29, 1.82) is 0 Å². The van der Waals surface area contributed by atoms with Gasteiger partial charge in [0, 0.05) is 18.1 Å². The van der Waals surface area contributed by atoms with Crippen LogP contribution >= 0.6 is 0 Å². The van der Waals surface area contributed by atoms with Crippen LogP contribution < -0.4 is 15.8 Å². The second-order valence-corrected chi connectivity index (χ2v) is 3.98. The van der Waals surface area contributed by atoms with Crippen LogP contribution in [0.25, 0.3) is 0 Å². The quantitative estimate of drug-likeness (QED) is 0.737. The van der Waals surface area contributed by atoms with Crippen molar-refractivity contribution in [3.63, 3.8) is 0 Å². The molecule has 1 amide bonds. The maximum atomic E-state index is 11.5. The number of para-hydroxylation sites is 1. The molecule has 0 saturated carbocycles. The van der Waals surface area contributed by atoms with Crippen LogP contribution in [0.2, 0.25) is 0 Å². The van der Waals surface area contributed by atoms with Crippen molar-refractivity contribution in [2.45, 2.75) is 0 Å². The standard InChI is InChI=1S/C14H15N3O3/c15-14(19)11-2-1-3-12(20-9-8-18)13(11)17-10-4-6-16-7-5-10/h1-7,18H,8-9H2,(H2,15,19)(H,16,17). The molecule has 0 saturated heterocycles. The molecule has 1 aromatic heterocycles. The van der Waals surface area contributed by atoms with Crippen LogP contribution in [0.4, 0.5) is 11.4 Å². The first-order chi connectivity index (χ1) is 9.72. The SMILES string of the molecule is NC(=O)c1cccc(OCCO)c1Nc1ccncc1. The summed E-state index contributed by atoms with van der Waals surface area (Å²) in [5, 5.41) is 11.9. The van der Waals surface area contributed by atoms with Crippen LogP contribution in [-0.4, -0.2) is 29.2 Å². The first-order valence-electron chi connectivity index (χ1n) is 6.06. The van der Waals surface area contributed by atoms with E-state index < -0.39 is 5.91 Å². The fourth-order valence-corrected chi connectivity index (χ4v) is 1.72. The molecular formula is C14H15N3O3. The Balaban J connectivity index is 2.38. The number of aromatic nitrogens is 1. The lowest BCUT2D eigenvalue weighted by molar-refractivity contribution is 0.100. The van der Waals surface area contributed by atoms with Gasteiger partial charge in [-0.05, 0) is 24.3 Å². The number of carbonyl (C=O) groups is 1. The number of amides is 1. The van der Waals surface area contributed by atoms with E-state index in [4.69, 9.17) is 15.6 Å². The second kappa shape index (κ2) is 6.53. The number of rotatable bonds is 6. The summed E-state index contributed by atoms with van der Waals surface area (Å²) in [6.07, 6.45) is 3.26. The Kier molecular flexibility index (Phi) is 4.52. The molecule has 0 aliphatic heterocycles. The van der Waals surface area contributed by atoms with Crippen LogP contribution in [-0.2, 0) is 0 Å². The second-order valence-electron chi connectivity index (χ2n) is 3.98. The average molecular weight is 273 g/mol. The minimum atomic E-state index is -0.559. The van der Waals surface area contributed by atoms with E-state index in [0.29, 0.717) is 17.0 Å². The fraction of sp³-hybridized carbons (Fsp3) is 0.143. The predicted molar refractivity (Wildman–Crippen MR) is 75.1 cm³/mol. The van der Waals surface area contributed by atoms with Gasteiger partial charge in [-0.3, -0.25) is 9.78 Å². The molecule has 0 bridgehead atoms. The zero-order chi connectivity index (χ0) is 14.4. The van der Waals surface area contributed by atoms with Crippen molar-refractivity contribution in [1.82, 2.24) is 4.98 Å². The predicted octanol–water partition coefficient (Wildman–Crippen LogP) is 1.30. The number of nitrogens with one attached hydrogen (secondary N) is 1. The molecule has 20 heavy (non-hydrogen) atoms. The van der Waals surface area contributed by atoms with Gasteiger partial charge in [0.2, 0.25) is 0 Å². The van der Waals surface area contributed by atoms with Gasteiger partial charge in [-0.1, -0.05) is 6.07 Å². The molecule has 6 heteroatoms. The number of anilines is 2. The van der Waals surface area contributed by atoms with Crippen molar-refractivity contribution in [2.24, 2.45) is 5.73 Å². The minimum Gasteiger partial charge on any atom is -0.489 e. The molecule has 0 spiro atoms. The highest BCUT2D eigenvalue weighted by Gasteiger charge is 2.13. The van der Waals surface area contributed by atoms with Gasteiger partial charge < -0.3 is 20.9 Å². The Hall–Kier alpha value is -2.60. The summed E-state index contributed by atoms with van der Waals surface area (Å²) >= 11 is 0. The Morgan fingerprint density at radius 3 is 2.70 bits per heavy atom. The van der Waals surface area contributed by atoms with Crippen LogP contribution in [0, 0.1) is 0 Å². The molecule has 0 aliphatic rings. The minimum absolute atomic E-state index is 0.116. The number of nitrogens with two attached hydrogens (primary N) is 1. The monoisotopic (exact) mass is 273 g/mol. The number of nitrogens with zero attached hydrogens (tertiary/aromatic N) is 1. The van der Waals surface area contributed by atoms with Gasteiger partial charge in [-0.2, -0.15) is 0 Å². The summed E-state index contributed by atoms with van der Waals surface area (Å²) < 4.78 is 5.41. The molecule has 1 aromatic carbocycles. The number of carbonyl (C=O) groups excluding carboxylic acids is 1. The van der Waals surface area contributed by atoms with Gasteiger partial charge in [0.1, 0.15) is 12.4 Å². The van der Waals surface area contributed by atoms with E-state index in [1.165, 1.54) is 0 Å². The van der Waals surface area contributed by atoms with Crippen LogP contribution in [0.3, 0.4) is 0 Å². The average Bonchev–Trinajstić information content (AvgIpc) is 2.47. The number of hydrogen-bond acceptors (Lipinski definition) is 5. The third-order valence-electron chi connectivity index (χ3n) is 2.59. The molecule has 0 radical (unpaired) electrons. The smallest absolute Gasteiger partial charge is 0.250 e. The maximum Gasteiger partial charge on any atom is 0.250 e. The van der Waals surface area contributed by atoms with Crippen LogP contribution in [0.15, 0.2) is 42.7 Å². The summed E-state index contributed by atoms with van der Waals surface area (Å²) in [5.74, 6) is -0.108. The van der Waals surface area contributed by atoms with E-state index in [-0.39, 0.29) is 13.2 Å². The molecular weight excluding hydrogens is 258 g/mol. The topological polar surface area (TPSA) is 97.5 Å². The fourth-order valence-electron chi connectivity index (χ4n) is 1.72. The first-order valence-corrected chi connectivity index (χ1v) is 6.06. The molecule has 0 aliphatic carbocycles. The molecule has 1 heterocycles. The van der Waals surface area contributed by atoms with Gasteiger partial charge in [-0.15, -0.1) is 0 Å². The summed E-state index contributed by atoms with van der Waals surface area (Å²) in [4.78, 5) is 15.4. The Labute approximate surface area is 116 Å². The largest absolute Gasteiger partial charge is 0.489 e. The Morgan fingerprint density at radius 2 is 2.05 bits per heavy atom. The lowest BCUT2D eigenvalue weighted by atomic mass is 10.1. The molecule has 4 N–H and O–H groups in total. The number of ether oxygens (including phenoxy) is 1. The Morgan fingerprint density at radius 1 is 1.30 bits per heavy atom. The zero-order valence-electron chi connectivity index (χ0n) is 10.7. The van der Waals surface area contributed by atoms with Crippen molar-refractivity contribution < 1.29 is 14.6 Å². The van der Waals surface area contributed by atoms with E-state index in [1.54, 1.807) is 42.7 Å². The van der Waals surface area contributed by atoms with E-state index in [1.807, 2.05) is 0 Å². The molecule has 0 unspecified atom stereocenters. The number of pyridine rings is 1. The third kappa shape index (κ3) is 3.24. The number of aliphatic hydroxyl groups excluding tert-OH is 1. The van der Waals surface area contributed by atoms with Crippen LogP contribution in [0.5, 0.6) is 5.75 Å². The van der Waals surface area contributed by atoms with Gasteiger partial charge in [-0.25, -0.2) is 0 Å². The summed E-state index contributed by atoms with van der Waals surface area (Å²) in [6, 6.07) is 8.50. The highest BCUT2D eigenvalue weighted by molar-refractivity contribution is 6.00.